The Bertz CT molecular complexity index is 225. The molecule has 0 aliphatic carbocycles. The van der Waals surface area contributed by atoms with E-state index in [1.807, 2.05) is 0 Å². The maximum atomic E-state index is 6.03. The molecule has 94 valence electrons. The Morgan fingerprint density at radius 2 is 2.12 bits per heavy atom. The number of nitrogens with zero attached hydrogens (tertiary/aromatic N) is 1. The van der Waals surface area contributed by atoms with Gasteiger partial charge < -0.3 is 15.2 Å². The summed E-state index contributed by atoms with van der Waals surface area (Å²) in [5, 5.41) is 0. The van der Waals surface area contributed by atoms with Gasteiger partial charge >= 0.3 is 0 Å². The van der Waals surface area contributed by atoms with Crippen molar-refractivity contribution >= 4 is 0 Å². The van der Waals surface area contributed by atoms with Gasteiger partial charge in [0, 0.05) is 31.1 Å². The van der Waals surface area contributed by atoms with Crippen LogP contribution in [0.2, 0.25) is 0 Å². The predicted molar refractivity (Wildman–Crippen MR) is 63.4 cm³/mol. The Morgan fingerprint density at radius 3 is 2.75 bits per heavy atom. The molecule has 2 aliphatic rings. The Hall–Kier alpha value is -0.160. The highest BCUT2D eigenvalue weighted by Crippen LogP contribution is 2.19. The first kappa shape index (κ1) is 12.3. The zero-order chi connectivity index (χ0) is 11.5. The van der Waals surface area contributed by atoms with Gasteiger partial charge in [-0.3, -0.25) is 4.90 Å². The van der Waals surface area contributed by atoms with E-state index in [0.717, 1.165) is 39.3 Å². The topological polar surface area (TPSA) is 47.7 Å². The van der Waals surface area contributed by atoms with Gasteiger partial charge in [-0.15, -0.1) is 0 Å². The van der Waals surface area contributed by atoms with Crippen LogP contribution in [0.5, 0.6) is 0 Å². The van der Waals surface area contributed by atoms with Crippen molar-refractivity contribution < 1.29 is 9.47 Å². The molecule has 0 bridgehead atoms. The summed E-state index contributed by atoms with van der Waals surface area (Å²) in [7, 11) is 0. The fourth-order valence-corrected chi connectivity index (χ4v) is 2.62. The quantitative estimate of drug-likeness (QED) is 0.762. The molecule has 0 amide bonds. The number of ether oxygens (including phenoxy) is 2. The summed E-state index contributed by atoms with van der Waals surface area (Å²) in [5.41, 5.74) is 6.03. The lowest BCUT2D eigenvalue weighted by atomic mass is 10.0. The fourth-order valence-electron chi connectivity index (χ4n) is 2.62. The molecule has 2 fully saturated rings. The molecule has 0 radical (unpaired) electrons. The second-order valence-electron chi connectivity index (χ2n) is 5.12. The highest BCUT2D eigenvalue weighted by Gasteiger charge is 2.32. The molecule has 0 spiro atoms. The molecule has 0 aromatic rings. The van der Waals surface area contributed by atoms with Crippen molar-refractivity contribution in [3.05, 3.63) is 0 Å². The molecule has 4 nitrogen and oxygen atoms in total. The third kappa shape index (κ3) is 2.74. The Kier molecular flexibility index (Phi) is 4.19. The highest BCUT2D eigenvalue weighted by molar-refractivity contribution is 4.85. The van der Waals surface area contributed by atoms with Gasteiger partial charge in [-0.25, -0.2) is 0 Å². The SMILES string of the molecule is CCC1COC(C)CN1CC1COCC1N. The predicted octanol–water partition coefficient (Wildman–Crippen LogP) is 0.459. The standard InChI is InChI=1S/C12H24N2O2/c1-3-11-7-16-9(2)4-14(11)5-10-6-15-8-12(10)13/h9-12H,3-8,13H2,1-2H3. The molecule has 4 unspecified atom stereocenters. The molecule has 0 aromatic heterocycles. The number of morpholine rings is 1. The first-order chi connectivity index (χ1) is 7.70. The maximum Gasteiger partial charge on any atom is 0.0674 e. The van der Waals surface area contributed by atoms with E-state index < -0.39 is 0 Å². The van der Waals surface area contributed by atoms with Gasteiger partial charge in [-0.05, 0) is 13.3 Å². The lowest BCUT2D eigenvalue weighted by molar-refractivity contribution is -0.0612. The van der Waals surface area contributed by atoms with Crippen molar-refractivity contribution in [2.75, 3.05) is 32.9 Å². The molecule has 0 aromatic carbocycles. The molecule has 2 heterocycles. The molecule has 0 saturated carbocycles. The largest absolute Gasteiger partial charge is 0.379 e. The third-order valence-electron chi connectivity index (χ3n) is 3.77. The van der Waals surface area contributed by atoms with Crippen LogP contribution < -0.4 is 5.73 Å². The van der Waals surface area contributed by atoms with Gasteiger partial charge in [0.15, 0.2) is 0 Å². The summed E-state index contributed by atoms with van der Waals surface area (Å²) in [6.45, 7) is 8.87. The summed E-state index contributed by atoms with van der Waals surface area (Å²) in [6.07, 6.45) is 1.50. The van der Waals surface area contributed by atoms with Crippen molar-refractivity contribution in [3.8, 4) is 0 Å². The van der Waals surface area contributed by atoms with E-state index in [4.69, 9.17) is 15.2 Å². The van der Waals surface area contributed by atoms with Crippen LogP contribution in [0, 0.1) is 5.92 Å². The van der Waals surface area contributed by atoms with Crippen LogP contribution in [0.25, 0.3) is 0 Å². The zero-order valence-corrected chi connectivity index (χ0v) is 10.4. The van der Waals surface area contributed by atoms with Gasteiger partial charge in [-0.1, -0.05) is 6.92 Å². The average molecular weight is 228 g/mol. The Labute approximate surface area is 98.1 Å². The minimum Gasteiger partial charge on any atom is -0.379 e. The van der Waals surface area contributed by atoms with Crippen LogP contribution in [0.1, 0.15) is 20.3 Å². The highest BCUT2D eigenvalue weighted by atomic mass is 16.5. The number of hydrogen-bond donors (Lipinski definition) is 1. The molecular formula is C12H24N2O2. The van der Waals surface area contributed by atoms with Gasteiger partial charge in [0.2, 0.25) is 0 Å². The van der Waals surface area contributed by atoms with Crippen LogP contribution in [-0.2, 0) is 9.47 Å². The fraction of sp³-hybridized carbons (Fsp3) is 1.00. The van der Waals surface area contributed by atoms with E-state index in [-0.39, 0.29) is 6.04 Å². The third-order valence-corrected chi connectivity index (χ3v) is 3.77. The van der Waals surface area contributed by atoms with Crippen molar-refractivity contribution in [2.45, 2.75) is 38.5 Å². The monoisotopic (exact) mass is 228 g/mol. The minimum absolute atomic E-state index is 0.218. The van der Waals surface area contributed by atoms with Crippen LogP contribution in [0.4, 0.5) is 0 Å². The first-order valence-corrected chi connectivity index (χ1v) is 6.39. The summed E-state index contributed by atoms with van der Waals surface area (Å²) < 4.78 is 11.1. The molecule has 2 rings (SSSR count). The molecular weight excluding hydrogens is 204 g/mol. The summed E-state index contributed by atoms with van der Waals surface area (Å²) in [6, 6.07) is 0.777. The lowest BCUT2D eigenvalue weighted by Crippen LogP contribution is -2.51. The maximum absolute atomic E-state index is 6.03. The van der Waals surface area contributed by atoms with E-state index in [9.17, 15) is 0 Å². The van der Waals surface area contributed by atoms with Crippen LogP contribution in [0.3, 0.4) is 0 Å². The van der Waals surface area contributed by atoms with E-state index in [1.54, 1.807) is 0 Å². The van der Waals surface area contributed by atoms with Gasteiger partial charge in [0.25, 0.3) is 0 Å². The molecule has 4 atom stereocenters. The summed E-state index contributed by atoms with van der Waals surface area (Å²) >= 11 is 0. The first-order valence-electron chi connectivity index (χ1n) is 6.39. The summed E-state index contributed by atoms with van der Waals surface area (Å²) in [4.78, 5) is 2.54. The van der Waals surface area contributed by atoms with Gasteiger partial charge in [0.05, 0.1) is 25.9 Å². The number of hydrogen-bond acceptors (Lipinski definition) is 4. The molecule has 2 saturated heterocycles. The van der Waals surface area contributed by atoms with Crippen LogP contribution >= 0.6 is 0 Å². The van der Waals surface area contributed by atoms with Crippen molar-refractivity contribution in [1.82, 2.24) is 4.90 Å². The van der Waals surface area contributed by atoms with Gasteiger partial charge in [-0.2, -0.15) is 0 Å². The van der Waals surface area contributed by atoms with E-state index in [2.05, 4.69) is 18.7 Å². The number of nitrogens with two attached hydrogens (primary N) is 1. The van der Waals surface area contributed by atoms with Crippen LogP contribution in [0.15, 0.2) is 0 Å². The van der Waals surface area contributed by atoms with Crippen molar-refractivity contribution in [1.29, 1.82) is 0 Å². The molecule has 2 aliphatic heterocycles. The average Bonchev–Trinajstić information content (AvgIpc) is 2.65. The summed E-state index contributed by atoms with van der Waals surface area (Å²) in [5.74, 6) is 0.499. The van der Waals surface area contributed by atoms with Gasteiger partial charge in [0.1, 0.15) is 0 Å². The molecule has 16 heavy (non-hydrogen) atoms. The second kappa shape index (κ2) is 5.45. The lowest BCUT2D eigenvalue weighted by Gasteiger charge is -2.39. The number of rotatable bonds is 3. The zero-order valence-electron chi connectivity index (χ0n) is 10.4. The van der Waals surface area contributed by atoms with Crippen molar-refractivity contribution in [3.63, 3.8) is 0 Å². The van der Waals surface area contributed by atoms with E-state index in [1.165, 1.54) is 0 Å². The molecule has 4 heteroatoms. The normalized spacial score (nSPS) is 41.4. The second-order valence-corrected chi connectivity index (χ2v) is 5.12. The smallest absolute Gasteiger partial charge is 0.0674 e. The molecule has 2 N–H and O–H groups in total. The van der Waals surface area contributed by atoms with Crippen LogP contribution in [-0.4, -0.2) is 56.0 Å². The van der Waals surface area contributed by atoms with E-state index in [0.29, 0.717) is 18.1 Å². The Balaban J connectivity index is 1.89. The minimum atomic E-state index is 0.218. The van der Waals surface area contributed by atoms with Crippen molar-refractivity contribution in [2.24, 2.45) is 11.7 Å². The van der Waals surface area contributed by atoms with E-state index >= 15 is 0 Å². The Morgan fingerprint density at radius 1 is 1.31 bits per heavy atom.